The Kier molecular flexibility index (Phi) is 7.14. The molecule has 19 heavy (non-hydrogen) atoms. The van der Waals surface area contributed by atoms with Crippen molar-refractivity contribution in [2.45, 2.75) is 59.9 Å². The number of hydrogen-bond donors (Lipinski definition) is 1. The summed E-state index contributed by atoms with van der Waals surface area (Å²) in [4.78, 5) is 0. The van der Waals surface area contributed by atoms with E-state index < -0.39 is 0 Å². The van der Waals surface area contributed by atoms with Gasteiger partial charge in [-0.3, -0.25) is 4.68 Å². The van der Waals surface area contributed by atoms with Crippen molar-refractivity contribution < 1.29 is 0 Å². The standard InChI is InChI=1S/C16H31N3/c1-6-16(7-2)19-10-9-15(18-19)11-13(4)14(5)12-17-8-3/h9-10,13-14,16-17H,6-8,11-12H2,1-5H3. The molecular weight excluding hydrogens is 234 g/mol. The summed E-state index contributed by atoms with van der Waals surface area (Å²) in [6.45, 7) is 13.4. The Morgan fingerprint density at radius 1 is 1.16 bits per heavy atom. The zero-order valence-electron chi connectivity index (χ0n) is 13.3. The second-order valence-corrected chi connectivity index (χ2v) is 5.72. The van der Waals surface area contributed by atoms with E-state index in [9.17, 15) is 0 Å². The van der Waals surface area contributed by atoms with Crippen LogP contribution >= 0.6 is 0 Å². The number of rotatable bonds is 9. The molecule has 1 aromatic rings. The monoisotopic (exact) mass is 265 g/mol. The molecule has 0 amide bonds. The van der Waals surface area contributed by atoms with Crippen molar-refractivity contribution in [2.24, 2.45) is 11.8 Å². The highest BCUT2D eigenvalue weighted by Crippen LogP contribution is 2.18. The van der Waals surface area contributed by atoms with E-state index in [0.717, 1.165) is 32.4 Å². The molecule has 1 aromatic heterocycles. The Balaban J connectivity index is 2.53. The maximum absolute atomic E-state index is 4.75. The molecule has 2 unspecified atom stereocenters. The number of aromatic nitrogens is 2. The van der Waals surface area contributed by atoms with Crippen LogP contribution in [0.5, 0.6) is 0 Å². The highest BCUT2D eigenvalue weighted by atomic mass is 15.3. The van der Waals surface area contributed by atoms with Crippen molar-refractivity contribution in [1.82, 2.24) is 15.1 Å². The lowest BCUT2D eigenvalue weighted by molar-refractivity contribution is 0.361. The van der Waals surface area contributed by atoms with E-state index in [1.807, 2.05) is 0 Å². The minimum absolute atomic E-state index is 0.559. The highest BCUT2D eigenvalue weighted by molar-refractivity contribution is 5.01. The average molecular weight is 265 g/mol. The zero-order chi connectivity index (χ0) is 14.3. The molecule has 0 aromatic carbocycles. The largest absolute Gasteiger partial charge is 0.317 e. The first-order chi connectivity index (χ1) is 9.12. The molecule has 0 aliphatic rings. The second-order valence-electron chi connectivity index (χ2n) is 5.72. The van der Waals surface area contributed by atoms with Gasteiger partial charge >= 0.3 is 0 Å². The van der Waals surface area contributed by atoms with Crippen LogP contribution in [0.3, 0.4) is 0 Å². The van der Waals surface area contributed by atoms with Gasteiger partial charge in [0.05, 0.1) is 11.7 Å². The summed E-state index contributed by atoms with van der Waals surface area (Å²) in [5, 5.41) is 8.18. The van der Waals surface area contributed by atoms with E-state index in [2.05, 4.69) is 56.9 Å². The van der Waals surface area contributed by atoms with Crippen LogP contribution in [-0.4, -0.2) is 22.9 Å². The van der Waals surface area contributed by atoms with Crippen LogP contribution in [0.4, 0.5) is 0 Å². The molecule has 1 rings (SSSR count). The first-order valence-corrected chi connectivity index (χ1v) is 7.87. The Morgan fingerprint density at radius 3 is 2.42 bits per heavy atom. The van der Waals surface area contributed by atoms with E-state index in [-0.39, 0.29) is 0 Å². The fraction of sp³-hybridized carbons (Fsp3) is 0.812. The van der Waals surface area contributed by atoms with Crippen LogP contribution in [0.1, 0.15) is 59.2 Å². The molecule has 3 nitrogen and oxygen atoms in total. The number of nitrogens with zero attached hydrogens (tertiary/aromatic N) is 2. The third kappa shape index (κ3) is 4.98. The van der Waals surface area contributed by atoms with Crippen LogP contribution in [-0.2, 0) is 6.42 Å². The van der Waals surface area contributed by atoms with Crippen molar-refractivity contribution in [3.63, 3.8) is 0 Å². The summed E-state index contributed by atoms with van der Waals surface area (Å²) >= 11 is 0. The topological polar surface area (TPSA) is 29.9 Å². The lowest BCUT2D eigenvalue weighted by Crippen LogP contribution is -2.26. The molecule has 0 spiro atoms. The molecule has 1 N–H and O–H groups in total. The normalized spacial score (nSPS) is 14.8. The Hall–Kier alpha value is -0.830. The predicted molar refractivity (Wildman–Crippen MR) is 82.4 cm³/mol. The van der Waals surface area contributed by atoms with Gasteiger partial charge in [0.1, 0.15) is 0 Å². The summed E-state index contributed by atoms with van der Waals surface area (Å²) in [5.41, 5.74) is 1.24. The summed E-state index contributed by atoms with van der Waals surface area (Å²) in [7, 11) is 0. The van der Waals surface area contributed by atoms with Crippen molar-refractivity contribution in [3.05, 3.63) is 18.0 Å². The summed E-state index contributed by atoms with van der Waals surface area (Å²) < 4.78 is 2.15. The Bertz CT molecular complexity index is 342. The van der Waals surface area contributed by atoms with Crippen LogP contribution in [0.15, 0.2) is 12.3 Å². The Labute approximate surface area is 118 Å². The first-order valence-electron chi connectivity index (χ1n) is 7.87. The van der Waals surface area contributed by atoms with Gasteiger partial charge < -0.3 is 5.32 Å². The van der Waals surface area contributed by atoms with Gasteiger partial charge in [-0.1, -0.05) is 34.6 Å². The van der Waals surface area contributed by atoms with E-state index >= 15 is 0 Å². The predicted octanol–water partition coefficient (Wildman–Crippen LogP) is 3.67. The maximum Gasteiger partial charge on any atom is 0.0627 e. The summed E-state index contributed by atoms with van der Waals surface area (Å²) in [5.74, 6) is 1.36. The van der Waals surface area contributed by atoms with E-state index in [0.29, 0.717) is 17.9 Å². The van der Waals surface area contributed by atoms with Gasteiger partial charge in [0, 0.05) is 6.20 Å². The van der Waals surface area contributed by atoms with Crippen LogP contribution in [0.2, 0.25) is 0 Å². The third-order valence-corrected chi connectivity index (χ3v) is 4.20. The molecule has 0 radical (unpaired) electrons. The fourth-order valence-electron chi connectivity index (χ4n) is 2.46. The first kappa shape index (κ1) is 16.2. The molecule has 1 heterocycles. The molecular formula is C16H31N3. The van der Waals surface area contributed by atoms with Gasteiger partial charge in [0.2, 0.25) is 0 Å². The summed E-state index contributed by atoms with van der Waals surface area (Å²) in [6.07, 6.45) is 5.54. The fourth-order valence-corrected chi connectivity index (χ4v) is 2.46. The lowest BCUT2D eigenvalue weighted by Gasteiger charge is -2.19. The van der Waals surface area contributed by atoms with Gasteiger partial charge in [-0.25, -0.2) is 0 Å². The molecule has 0 fully saturated rings. The number of nitrogens with one attached hydrogen (secondary N) is 1. The minimum Gasteiger partial charge on any atom is -0.317 e. The van der Waals surface area contributed by atoms with Gasteiger partial charge in [0.25, 0.3) is 0 Å². The molecule has 110 valence electrons. The molecule has 3 heteroatoms. The molecule has 2 atom stereocenters. The quantitative estimate of drug-likeness (QED) is 0.738. The molecule has 0 saturated heterocycles. The van der Waals surface area contributed by atoms with Gasteiger partial charge in [0.15, 0.2) is 0 Å². The van der Waals surface area contributed by atoms with Crippen molar-refractivity contribution in [1.29, 1.82) is 0 Å². The van der Waals surface area contributed by atoms with E-state index in [1.54, 1.807) is 0 Å². The van der Waals surface area contributed by atoms with Crippen LogP contribution in [0, 0.1) is 11.8 Å². The third-order valence-electron chi connectivity index (χ3n) is 4.20. The zero-order valence-corrected chi connectivity index (χ0v) is 13.3. The molecule has 0 aliphatic heterocycles. The van der Waals surface area contributed by atoms with E-state index in [1.165, 1.54) is 5.69 Å². The minimum atomic E-state index is 0.559. The number of hydrogen-bond acceptors (Lipinski definition) is 2. The van der Waals surface area contributed by atoms with Crippen molar-refractivity contribution >= 4 is 0 Å². The van der Waals surface area contributed by atoms with Crippen molar-refractivity contribution in [2.75, 3.05) is 13.1 Å². The molecule has 0 aliphatic carbocycles. The van der Waals surface area contributed by atoms with E-state index in [4.69, 9.17) is 5.10 Å². The summed E-state index contributed by atoms with van der Waals surface area (Å²) in [6, 6.07) is 2.75. The van der Waals surface area contributed by atoms with Crippen LogP contribution < -0.4 is 5.32 Å². The molecule has 0 saturated carbocycles. The lowest BCUT2D eigenvalue weighted by atomic mass is 9.91. The molecule has 0 bridgehead atoms. The second kappa shape index (κ2) is 8.36. The maximum atomic E-state index is 4.75. The Morgan fingerprint density at radius 2 is 1.84 bits per heavy atom. The average Bonchev–Trinajstić information content (AvgIpc) is 2.85. The van der Waals surface area contributed by atoms with Crippen LogP contribution in [0.25, 0.3) is 0 Å². The van der Waals surface area contributed by atoms with Gasteiger partial charge in [-0.05, 0) is 50.3 Å². The SMILES string of the molecule is CCNCC(C)C(C)Cc1ccn(C(CC)CC)n1. The smallest absolute Gasteiger partial charge is 0.0627 e. The van der Waals surface area contributed by atoms with Gasteiger partial charge in [-0.2, -0.15) is 5.10 Å². The van der Waals surface area contributed by atoms with Crippen molar-refractivity contribution in [3.8, 4) is 0 Å². The van der Waals surface area contributed by atoms with Gasteiger partial charge in [-0.15, -0.1) is 0 Å². The highest BCUT2D eigenvalue weighted by Gasteiger charge is 2.15.